The van der Waals surface area contributed by atoms with Gasteiger partial charge in [0.25, 0.3) is 0 Å². The molecule has 0 amide bonds. The average Bonchev–Trinajstić information content (AvgIpc) is 2.43. The van der Waals surface area contributed by atoms with Crippen molar-refractivity contribution >= 4 is 28.2 Å². The van der Waals surface area contributed by atoms with Crippen LogP contribution in [0.4, 0.5) is 0 Å². The molecule has 0 aromatic heterocycles. The van der Waals surface area contributed by atoms with Gasteiger partial charge in [-0.25, -0.2) is 4.79 Å². The smallest absolute Gasteiger partial charge is 0.338 e. The monoisotopic (exact) mass is 312 g/mol. The van der Waals surface area contributed by atoms with Gasteiger partial charge in [0.2, 0.25) is 0 Å². The van der Waals surface area contributed by atoms with E-state index >= 15 is 0 Å². The van der Waals surface area contributed by atoms with Crippen molar-refractivity contribution in [2.24, 2.45) is 5.92 Å². The fourth-order valence-corrected chi connectivity index (χ4v) is 1.90. The zero-order valence-corrected chi connectivity index (χ0v) is 12.1. The maximum Gasteiger partial charge on any atom is 0.338 e. The van der Waals surface area contributed by atoms with Crippen LogP contribution < -0.4 is 0 Å². The van der Waals surface area contributed by atoms with E-state index in [1.807, 2.05) is 19.9 Å². The maximum absolute atomic E-state index is 11.8. The minimum absolute atomic E-state index is 0.0554. The highest BCUT2D eigenvalue weighted by atomic mass is 79.9. The topological polar surface area (TPSA) is 43.4 Å². The van der Waals surface area contributed by atoms with Crippen LogP contribution in [0.25, 0.3) is 0 Å². The summed E-state index contributed by atoms with van der Waals surface area (Å²) >= 11 is 3.48. The van der Waals surface area contributed by atoms with Crippen LogP contribution in [0.1, 0.15) is 30.6 Å². The van der Waals surface area contributed by atoms with Gasteiger partial charge >= 0.3 is 5.97 Å². The predicted octanol–water partition coefficient (Wildman–Crippen LogP) is 3.22. The van der Waals surface area contributed by atoms with E-state index in [4.69, 9.17) is 4.74 Å². The number of benzene rings is 1. The van der Waals surface area contributed by atoms with Gasteiger partial charge in [0.15, 0.2) is 12.4 Å². The van der Waals surface area contributed by atoms with E-state index in [-0.39, 0.29) is 10.7 Å². The lowest BCUT2D eigenvalue weighted by Gasteiger charge is -2.22. The van der Waals surface area contributed by atoms with Crippen molar-refractivity contribution in [2.75, 3.05) is 0 Å². The molecule has 1 aromatic rings. The first-order valence-corrected chi connectivity index (χ1v) is 6.87. The first-order valence-electron chi connectivity index (χ1n) is 5.95. The highest BCUT2D eigenvalue weighted by Gasteiger charge is 2.26. The molecule has 1 aromatic carbocycles. The SMILES string of the molecule is CC[C@H](Br)[C@@H](C)[C@H](C=O)OC(=O)c1ccccc1. The van der Waals surface area contributed by atoms with Gasteiger partial charge < -0.3 is 4.74 Å². The second-order valence-corrected chi connectivity index (χ2v) is 5.33. The van der Waals surface area contributed by atoms with Crippen LogP contribution in [0, 0.1) is 5.92 Å². The molecule has 0 aliphatic carbocycles. The molecule has 0 unspecified atom stereocenters. The Kier molecular flexibility index (Phi) is 6.05. The van der Waals surface area contributed by atoms with Crippen LogP contribution in [0.2, 0.25) is 0 Å². The number of hydrogen-bond acceptors (Lipinski definition) is 3. The summed E-state index contributed by atoms with van der Waals surface area (Å²) in [5, 5.41) is 0. The van der Waals surface area contributed by atoms with Crippen LogP contribution in [-0.4, -0.2) is 23.2 Å². The summed E-state index contributed by atoms with van der Waals surface area (Å²) in [4.78, 5) is 23.0. The minimum Gasteiger partial charge on any atom is -0.451 e. The molecule has 1 rings (SSSR count). The Morgan fingerprint density at radius 1 is 1.39 bits per heavy atom. The van der Waals surface area contributed by atoms with E-state index in [1.165, 1.54) is 0 Å². The molecule has 4 heteroatoms. The molecular formula is C14H17BrO3. The molecule has 0 bridgehead atoms. The standard InChI is InChI=1S/C14H17BrO3/c1-3-12(15)10(2)13(9-16)18-14(17)11-7-5-4-6-8-11/h4-10,12-13H,3H2,1-2H3/t10-,12+,13+/m1/s1. The summed E-state index contributed by atoms with van der Waals surface area (Å²) in [6.45, 7) is 3.90. The Morgan fingerprint density at radius 3 is 2.50 bits per heavy atom. The van der Waals surface area contributed by atoms with Gasteiger partial charge in [-0.3, -0.25) is 4.79 Å². The zero-order chi connectivity index (χ0) is 13.5. The van der Waals surface area contributed by atoms with Gasteiger partial charge in [0, 0.05) is 10.7 Å². The molecule has 98 valence electrons. The molecule has 18 heavy (non-hydrogen) atoms. The van der Waals surface area contributed by atoms with Crippen LogP contribution in [-0.2, 0) is 9.53 Å². The molecule has 0 N–H and O–H groups in total. The number of aldehydes is 1. The van der Waals surface area contributed by atoms with Crippen LogP contribution in [0.3, 0.4) is 0 Å². The van der Waals surface area contributed by atoms with Gasteiger partial charge in [-0.1, -0.05) is 48.0 Å². The molecule has 0 heterocycles. The molecule has 0 spiro atoms. The lowest BCUT2D eigenvalue weighted by molar-refractivity contribution is -0.117. The van der Waals surface area contributed by atoms with Gasteiger partial charge in [-0.05, 0) is 18.6 Å². The Balaban J connectivity index is 2.69. The Labute approximate surface area is 116 Å². The van der Waals surface area contributed by atoms with Crippen molar-refractivity contribution in [1.82, 2.24) is 0 Å². The highest BCUT2D eigenvalue weighted by molar-refractivity contribution is 9.09. The molecule has 0 fully saturated rings. The Hall–Kier alpha value is -1.16. The third-order valence-corrected chi connectivity index (χ3v) is 4.35. The van der Waals surface area contributed by atoms with Gasteiger partial charge in [-0.15, -0.1) is 0 Å². The van der Waals surface area contributed by atoms with E-state index in [2.05, 4.69) is 15.9 Å². The number of carbonyl (C=O) groups excluding carboxylic acids is 2. The number of hydrogen-bond donors (Lipinski definition) is 0. The molecular weight excluding hydrogens is 296 g/mol. The highest BCUT2D eigenvalue weighted by Crippen LogP contribution is 2.21. The van der Waals surface area contributed by atoms with E-state index in [9.17, 15) is 9.59 Å². The van der Waals surface area contributed by atoms with E-state index < -0.39 is 12.1 Å². The second kappa shape index (κ2) is 7.31. The van der Waals surface area contributed by atoms with Crippen molar-refractivity contribution in [1.29, 1.82) is 0 Å². The zero-order valence-electron chi connectivity index (χ0n) is 10.5. The number of carbonyl (C=O) groups is 2. The third-order valence-electron chi connectivity index (χ3n) is 2.87. The fraction of sp³-hybridized carbons (Fsp3) is 0.429. The first kappa shape index (κ1) is 14.9. The lowest BCUT2D eigenvalue weighted by atomic mass is 10.00. The fourth-order valence-electron chi connectivity index (χ4n) is 1.60. The number of ether oxygens (including phenoxy) is 1. The summed E-state index contributed by atoms with van der Waals surface area (Å²) < 4.78 is 5.23. The second-order valence-electron chi connectivity index (χ2n) is 4.16. The van der Waals surface area contributed by atoms with Crippen molar-refractivity contribution in [3.05, 3.63) is 35.9 Å². The average molecular weight is 313 g/mol. The van der Waals surface area contributed by atoms with E-state index in [1.54, 1.807) is 24.3 Å². The number of halogens is 1. The minimum atomic E-state index is -0.720. The number of esters is 1. The quantitative estimate of drug-likeness (QED) is 0.460. The molecule has 3 nitrogen and oxygen atoms in total. The lowest BCUT2D eigenvalue weighted by Crippen LogP contribution is -2.31. The molecule has 0 saturated heterocycles. The van der Waals surface area contributed by atoms with Crippen LogP contribution in [0.15, 0.2) is 30.3 Å². The summed E-state index contributed by atoms with van der Waals surface area (Å²) in [5.74, 6) is -0.518. The molecule has 3 atom stereocenters. The largest absolute Gasteiger partial charge is 0.451 e. The Bertz CT molecular complexity index is 391. The van der Waals surface area contributed by atoms with Crippen molar-refractivity contribution in [2.45, 2.75) is 31.2 Å². The van der Waals surface area contributed by atoms with Crippen molar-refractivity contribution in [3.8, 4) is 0 Å². The van der Waals surface area contributed by atoms with Crippen molar-refractivity contribution < 1.29 is 14.3 Å². The number of rotatable bonds is 6. The summed E-state index contributed by atoms with van der Waals surface area (Å²) in [6, 6.07) is 8.67. The van der Waals surface area contributed by atoms with Gasteiger partial charge in [0.05, 0.1) is 5.56 Å². The number of alkyl halides is 1. The molecule has 0 radical (unpaired) electrons. The molecule has 0 aliphatic rings. The summed E-state index contributed by atoms with van der Waals surface area (Å²) in [5.41, 5.74) is 0.458. The van der Waals surface area contributed by atoms with E-state index in [0.29, 0.717) is 11.8 Å². The van der Waals surface area contributed by atoms with Gasteiger partial charge in [0.1, 0.15) is 0 Å². The molecule has 0 aliphatic heterocycles. The van der Waals surface area contributed by atoms with Gasteiger partial charge in [-0.2, -0.15) is 0 Å². The van der Waals surface area contributed by atoms with Crippen molar-refractivity contribution in [3.63, 3.8) is 0 Å². The van der Waals surface area contributed by atoms with E-state index in [0.717, 1.165) is 6.42 Å². The Morgan fingerprint density at radius 2 is 2.00 bits per heavy atom. The summed E-state index contributed by atoms with van der Waals surface area (Å²) in [7, 11) is 0. The predicted molar refractivity (Wildman–Crippen MR) is 73.9 cm³/mol. The normalized spacial score (nSPS) is 15.5. The third kappa shape index (κ3) is 3.95. The maximum atomic E-state index is 11.8. The summed E-state index contributed by atoms with van der Waals surface area (Å²) in [6.07, 6.45) is 0.839. The molecule has 0 saturated carbocycles. The van der Waals surface area contributed by atoms with Crippen LogP contribution >= 0.6 is 15.9 Å². The van der Waals surface area contributed by atoms with Crippen LogP contribution in [0.5, 0.6) is 0 Å². The first-order chi connectivity index (χ1) is 8.60.